The largest absolute Gasteiger partial charge is 0.367 e. The molecule has 0 unspecified atom stereocenters. The molecule has 0 radical (unpaired) electrons. The summed E-state index contributed by atoms with van der Waals surface area (Å²) >= 11 is 6.09. The molecule has 0 spiro atoms. The first kappa shape index (κ1) is 23.3. The van der Waals surface area contributed by atoms with E-state index in [4.69, 9.17) is 16.3 Å². The van der Waals surface area contributed by atoms with Crippen LogP contribution in [0.1, 0.15) is 37.4 Å². The highest BCUT2D eigenvalue weighted by Crippen LogP contribution is 2.27. The van der Waals surface area contributed by atoms with E-state index in [-0.39, 0.29) is 19.0 Å². The molecule has 8 nitrogen and oxygen atoms in total. The summed E-state index contributed by atoms with van der Waals surface area (Å²) in [5.74, 6) is 0.0615. The topological polar surface area (TPSA) is 95.2 Å². The number of hydrogen-bond acceptors (Lipinski definition) is 5. The molecule has 3 aromatic rings. The molecule has 3 rings (SSSR count). The Balaban J connectivity index is 1.70. The number of sulfonamides is 1. The van der Waals surface area contributed by atoms with Crippen molar-refractivity contribution in [3.8, 4) is 5.82 Å². The van der Waals surface area contributed by atoms with Gasteiger partial charge in [-0.2, -0.15) is 5.10 Å². The number of hydrogen-bond donors (Lipinski definition) is 1. The molecular weight excluding hydrogens is 440 g/mol. The van der Waals surface area contributed by atoms with Crippen LogP contribution in [-0.4, -0.2) is 41.0 Å². The van der Waals surface area contributed by atoms with E-state index < -0.39 is 15.9 Å². The second-order valence-electron chi connectivity index (χ2n) is 7.44. The maximum Gasteiger partial charge on any atom is 0.259 e. The number of ether oxygens (including phenoxy) is 1. The van der Waals surface area contributed by atoms with Crippen molar-refractivity contribution in [2.45, 2.75) is 39.7 Å². The minimum atomic E-state index is -3.63. The van der Waals surface area contributed by atoms with Crippen LogP contribution in [0.2, 0.25) is 5.02 Å². The standard InChI is InChI=1S/C21H27ClN4O4S/c1-4-5-6-11-31(28,29)24-20(27)14-30-13-18-15(2)23-25(3)21(18)26-10-9-16-12-17(22)7-8-19(16)26/h7-10,12H,4-6,11,13-14H2,1-3H3,(H,24,27). The number of unbranched alkanes of at least 4 members (excludes halogenated alkanes) is 2. The predicted molar refractivity (Wildman–Crippen MR) is 121 cm³/mol. The number of carbonyl (C=O) groups excluding carboxylic acids is 1. The van der Waals surface area contributed by atoms with Crippen molar-refractivity contribution >= 4 is 38.4 Å². The fourth-order valence-electron chi connectivity index (χ4n) is 3.50. The lowest BCUT2D eigenvalue weighted by molar-refractivity contribution is -0.124. The maximum atomic E-state index is 12.0. The third-order valence-electron chi connectivity index (χ3n) is 4.96. The maximum absolute atomic E-state index is 12.0. The SMILES string of the molecule is CCCCCS(=O)(=O)NC(=O)COCc1c(C)nn(C)c1-n1ccc2cc(Cl)ccc21. The van der Waals surface area contributed by atoms with Gasteiger partial charge in [0, 0.05) is 29.2 Å². The molecule has 31 heavy (non-hydrogen) atoms. The lowest BCUT2D eigenvalue weighted by atomic mass is 10.2. The number of nitrogens with one attached hydrogen (secondary N) is 1. The average molecular weight is 467 g/mol. The van der Waals surface area contributed by atoms with Crippen LogP contribution in [0.25, 0.3) is 16.7 Å². The summed E-state index contributed by atoms with van der Waals surface area (Å²) < 4.78 is 35.3. The highest BCUT2D eigenvalue weighted by molar-refractivity contribution is 7.90. The number of amides is 1. The number of aromatic nitrogens is 3. The van der Waals surface area contributed by atoms with Gasteiger partial charge in [-0.15, -0.1) is 0 Å². The van der Waals surface area contributed by atoms with Gasteiger partial charge in [0.2, 0.25) is 10.0 Å². The van der Waals surface area contributed by atoms with Crippen LogP contribution in [0.3, 0.4) is 0 Å². The van der Waals surface area contributed by atoms with Crippen molar-refractivity contribution in [2.75, 3.05) is 12.4 Å². The van der Waals surface area contributed by atoms with Gasteiger partial charge in [-0.1, -0.05) is 31.4 Å². The number of rotatable bonds is 10. The highest BCUT2D eigenvalue weighted by atomic mass is 35.5. The molecule has 10 heteroatoms. The van der Waals surface area contributed by atoms with Gasteiger partial charge in [-0.05, 0) is 37.6 Å². The van der Waals surface area contributed by atoms with E-state index in [2.05, 4.69) is 9.82 Å². The number of aryl methyl sites for hydroxylation is 2. The second kappa shape index (κ2) is 9.84. The molecule has 2 heterocycles. The quantitative estimate of drug-likeness (QED) is 0.461. The van der Waals surface area contributed by atoms with E-state index >= 15 is 0 Å². The number of benzene rings is 1. The fraction of sp³-hybridized carbons (Fsp3) is 0.429. The third kappa shape index (κ3) is 5.66. The number of nitrogens with zero attached hydrogens (tertiary/aromatic N) is 3. The monoisotopic (exact) mass is 466 g/mol. The zero-order valence-electron chi connectivity index (χ0n) is 17.9. The van der Waals surface area contributed by atoms with E-state index in [1.165, 1.54) is 0 Å². The molecule has 0 aliphatic heterocycles. The Labute approximate surface area is 187 Å². The molecule has 1 aromatic carbocycles. The molecule has 0 saturated heterocycles. The molecule has 0 bridgehead atoms. The molecule has 168 valence electrons. The first-order valence-electron chi connectivity index (χ1n) is 10.1. The summed E-state index contributed by atoms with van der Waals surface area (Å²) in [5.41, 5.74) is 2.54. The second-order valence-corrected chi connectivity index (χ2v) is 9.72. The summed E-state index contributed by atoms with van der Waals surface area (Å²) in [6.45, 7) is 3.61. The molecule has 0 saturated carbocycles. The normalized spacial score (nSPS) is 11.9. The molecule has 1 N–H and O–H groups in total. The van der Waals surface area contributed by atoms with E-state index in [0.717, 1.165) is 40.8 Å². The first-order chi connectivity index (χ1) is 14.7. The van der Waals surface area contributed by atoms with Gasteiger partial charge >= 0.3 is 0 Å². The average Bonchev–Trinajstić information content (AvgIpc) is 3.20. The zero-order chi connectivity index (χ0) is 22.6. The summed E-state index contributed by atoms with van der Waals surface area (Å²) in [6.07, 6.45) is 4.16. The van der Waals surface area contributed by atoms with Gasteiger partial charge in [0.25, 0.3) is 5.91 Å². The number of fused-ring (bicyclic) bond motifs is 1. The lowest BCUT2D eigenvalue weighted by Crippen LogP contribution is -2.35. The van der Waals surface area contributed by atoms with Crippen molar-refractivity contribution in [2.24, 2.45) is 7.05 Å². The molecule has 0 aliphatic rings. The van der Waals surface area contributed by atoms with Crippen LogP contribution in [0.4, 0.5) is 0 Å². The van der Waals surface area contributed by atoms with Gasteiger partial charge in [0.15, 0.2) is 0 Å². The number of halogens is 1. The predicted octanol–water partition coefficient (Wildman–Crippen LogP) is 3.48. The van der Waals surface area contributed by atoms with Gasteiger partial charge < -0.3 is 9.30 Å². The highest BCUT2D eigenvalue weighted by Gasteiger charge is 2.19. The summed E-state index contributed by atoms with van der Waals surface area (Å²) in [4.78, 5) is 12.0. The van der Waals surface area contributed by atoms with Crippen molar-refractivity contribution in [3.63, 3.8) is 0 Å². The lowest BCUT2D eigenvalue weighted by Gasteiger charge is -2.11. The van der Waals surface area contributed by atoms with Crippen LogP contribution in [0.15, 0.2) is 30.5 Å². The molecule has 0 aliphatic carbocycles. The third-order valence-corrected chi connectivity index (χ3v) is 6.56. The minimum Gasteiger partial charge on any atom is -0.367 e. The van der Waals surface area contributed by atoms with Crippen LogP contribution in [0, 0.1) is 6.92 Å². The smallest absolute Gasteiger partial charge is 0.259 e. The Morgan fingerprint density at radius 2 is 2.03 bits per heavy atom. The molecule has 1 amide bonds. The van der Waals surface area contributed by atoms with Gasteiger partial charge in [0.05, 0.1) is 23.6 Å². The van der Waals surface area contributed by atoms with Crippen molar-refractivity contribution in [3.05, 3.63) is 46.7 Å². The summed E-state index contributed by atoms with van der Waals surface area (Å²) in [6, 6.07) is 7.61. The zero-order valence-corrected chi connectivity index (χ0v) is 19.5. The van der Waals surface area contributed by atoms with Crippen molar-refractivity contribution in [1.82, 2.24) is 19.1 Å². The Bertz CT molecular complexity index is 1180. The van der Waals surface area contributed by atoms with Gasteiger partial charge in [0.1, 0.15) is 12.4 Å². The van der Waals surface area contributed by atoms with Gasteiger partial charge in [-0.25, -0.2) is 8.42 Å². The Hall–Kier alpha value is -2.36. The Kier molecular flexibility index (Phi) is 7.40. The van der Waals surface area contributed by atoms with Gasteiger partial charge in [-0.3, -0.25) is 14.2 Å². The molecule has 0 atom stereocenters. The van der Waals surface area contributed by atoms with E-state index in [1.54, 1.807) is 4.68 Å². The molecule has 0 fully saturated rings. The molecule has 2 aromatic heterocycles. The molecular formula is C21H27ClN4O4S. The summed E-state index contributed by atoms with van der Waals surface area (Å²) in [5, 5.41) is 6.13. The minimum absolute atomic E-state index is 0.0663. The van der Waals surface area contributed by atoms with Crippen LogP contribution in [0.5, 0.6) is 0 Å². The van der Waals surface area contributed by atoms with Crippen LogP contribution < -0.4 is 4.72 Å². The Morgan fingerprint density at radius 3 is 2.77 bits per heavy atom. The van der Waals surface area contributed by atoms with E-state index in [0.29, 0.717) is 11.4 Å². The van der Waals surface area contributed by atoms with Crippen LogP contribution >= 0.6 is 11.6 Å². The van der Waals surface area contributed by atoms with Crippen molar-refractivity contribution in [1.29, 1.82) is 0 Å². The summed E-state index contributed by atoms with van der Waals surface area (Å²) in [7, 11) is -1.80. The van der Waals surface area contributed by atoms with Crippen molar-refractivity contribution < 1.29 is 17.9 Å². The number of carbonyl (C=O) groups is 1. The Morgan fingerprint density at radius 1 is 1.26 bits per heavy atom. The van der Waals surface area contributed by atoms with E-state index in [9.17, 15) is 13.2 Å². The first-order valence-corrected chi connectivity index (χ1v) is 12.2. The fourth-order valence-corrected chi connectivity index (χ4v) is 4.77. The van der Waals surface area contributed by atoms with Crippen LogP contribution in [-0.2, 0) is 33.2 Å². The van der Waals surface area contributed by atoms with E-state index in [1.807, 2.05) is 55.9 Å².